The van der Waals surface area contributed by atoms with Crippen molar-refractivity contribution in [2.24, 2.45) is 5.92 Å². The maximum Gasteiger partial charge on any atom is 0.127 e. The molecule has 1 saturated heterocycles. The van der Waals surface area contributed by atoms with Crippen LogP contribution in [0.4, 0.5) is 4.39 Å². The molecule has 122 valence electrons. The molecular weight excluding hydrogens is 313 g/mol. The number of benzene rings is 1. The summed E-state index contributed by atoms with van der Waals surface area (Å²) < 4.78 is 14.1. The number of rotatable bonds is 6. The molecule has 23 heavy (non-hydrogen) atoms. The predicted molar refractivity (Wildman–Crippen MR) is 90.7 cm³/mol. The van der Waals surface area contributed by atoms with Crippen LogP contribution in [0.2, 0.25) is 5.02 Å². The first-order chi connectivity index (χ1) is 11.2. The summed E-state index contributed by atoms with van der Waals surface area (Å²) in [5, 5.41) is 3.97. The summed E-state index contributed by atoms with van der Waals surface area (Å²) >= 11 is 6.03. The minimum atomic E-state index is -0.199. The first-order valence-electron chi connectivity index (χ1n) is 7.96. The predicted octanol–water partition coefficient (Wildman–Crippen LogP) is 3.49. The van der Waals surface area contributed by atoms with Gasteiger partial charge in [-0.2, -0.15) is 0 Å². The second-order valence-corrected chi connectivity index (χ2v) is 6.56. The number of halogens is 2. The van der Waals surface area contributed by atoms with Crippen molar-refractivity contribution in [1.29, 1.82) is 0 Å². The molecule has 0 radical (unpaired) electrons. The molecule has 1 aromatic carbocycles. The van der Waals surface area contributed by atoms with E-state index < -0.39 is 0 Å². The quantitative estimate of drug-likeness (QED) is 0.877. The molecule has 0 amide bonds. The summed E-state index contributed by atoms with van der Waals surface area (Å²) in [6, 6.07) is 8.75. The van der Waals surface area contributed by atoms with E-state index >= 15 is 0 Å². The molecule has 0 bridgehead atoms. The highest BCUT2D eigenvalue weighted by molar-refractivity contribution is 6.30. The Bertz CT molecular complexity index is 629. The van der Waals surface area contributed by atoms with Gasteiger partial charge in [-0.1, -0.05) is 17.7 Å². The van der Waals surface area contributed by atoms with Gasteiger partial charge in [-0.05, 0) is 55.3 Å². The second kappa shape index (κ2) is 7.86. The summed E-state index contributed by atoms with van der Waals surface area (Å²) in [6.07, 6.45) is 4.81. The fraction of sp³-hybridized carbons (Fsp3) is 0.389. The van der Waals surface area contributed by atoms with Crippen LogP contribution in [0.5, 0.6) is 0 Å². The molecule has 1 aliphatic heterocycles. The van der Waals surface area contributed by atoms with Crippen LogP contribution in [0, 0.1) is 11.7 Å². The van der Waals surface area contributed by atoms with Gasteiger partial charge in [-0.3, -0.25) is 9.88 Å². The van der Waals surface area contributed by atoms with E-state index in [2.05, 4.69) is 21.3 Å². The van der Waals surface area contributed by atoms with Crippen LogP contribution in [-0.2, 0) is 13.1 Å². The monoisotopic (exact) mass is 333 g/mol. The maximum atomic E-state index is 14.1. The van der Waals surface area contributed by atoms with Crippen LogP contribution < -0.4 is 5.32 Å². The Morgan fingerprint density at radius 1 is 1.30 bits per heavy atom. The molecule has 1 N–H and O–H groups in total. The molecule has 5 heteroatoms. The van der Waals surface area contributed by atoms with Crippen molar-refractivity contribution in [2.45, 2.75) is 19.5 Å². The third kappa shape index (κ3) is 4.74. The van der Waals surface area contributed by atoms with E-state index in [1.807, 2.05) is 12.3 Å². The second-order valence-electron chi connectivity index (χ2n) is 6.13. The number of nitrogens with zero attached hydrogens (tertiary/aromatic N) is 2. The minimum absolute atomic E-state index is 0.199. The van der Waals surface area contributed by atoms with Gasteiger partial charge in [-0.15, -0.1) is 0 Å². The van der Waals surface area contributed by atoms with Crippen molar-refractivity contribution in [3.05, 3.63) is 64.7 Å². The van der Waals surface area contributed by atoms with Crippen molar-refractivity contribution < 1.29 is 4.39 Å². The summed E-state index contributed by atoms with van der Waals surface area (Å²) in [5.74, 6) is 0.407. The van der Waals surface area contributed by atoms with Crippen molar-refractivity contribution >= 4 is 11.6 Å². The molecule has 3 nitrogen and oxygen atoms in total. The van der Waals surface area contributed by atoms with Gasteiger partial charge in [0.1, 0.15) is 5.82 Å². The highest BCUT2D eigenvalue weighted by Gasteiger charge is 2.19. The zero-order chi connectivity index (χ0) is 16.1. The molecule has 0 unspecified atom stereocenters. The highest BCUT2D eigenvalue weighted by atomic mass is 35.5. The molecule has 0 saturated carbocycles. The molecule has 1 aliphatic rings. The molecule has 2 aromatic rings. The van der Waals surface area contributed by atoms with Gasteiger partial charge in [0.15, 0.2) is 0 Å². The molecule has 3 rings (SSSR count). The van der Waals surface area contributed by atoms with Crippen molar-refractivity contribution in [3.63, 3.8) is 0 Å². The molecule has 1 fully saturated rings. The summed E-state index contributed by atoms with van der Waals surface area (Å²) in [7, 11) is 0. The van der Waals surface area contributed by atoms with E-state index in [-0.39, 0.29) is 5.82 Å². The van der Waals surface area contributed by atoms with Crippen molar-refractivity contribution in [2.75, 3.05) is 19.6 Å². The van der Waals surface area contributed by atoms with E-state index in [4.69, 9.17) is 11.6 Å². The molecule has 2 heterocycles. The lowest BCUT2D eigenvalue weighted by Crippen LogP contribution is -2.30. The van der Waals surface area contributed by atoms with Crippen LogP contribution >= 0.6 is 11.6 Å². The van der Waals surface area contributed by atoms with Crippen molar-refractivity contribution in [3.8, 4) is 0 Å². The average molecular weight is 334 g/mol. The maximum absolute atomic E-state index is 14.1. The van der Waals surface area contributed by atoms with E-state index in [0.717, 1.165) is 31.7 Å². The Kier molecular flexibility index (Phi) is 5.60. The fourth-order valence-corrected chi connectivity index (χ4v) is 3.27. The largest absolute Gasteiger partial charge is 0.316 e. The van der Waals surface area contributed by atoms with Gasteiger partial charge in [0.25, 0.3) is 0 Å². The van der Waals surface area contributed by atoms with E-state index in [9.17, 15) is 4.39 Å². The first-order valence-corrected chi connectivity index (χ1v) is 8.34. The van der Waals surface area contributed by atoms with Gasteiger partial charge >= 0.3 is 0 Å². The first kappa shape index (κ1) is 16.4. The fourth-order valence-electron chi connectivity index (χ4n) is 3.08. The number of pyridine rings is 1. The molecular formula is C18H21ClFN3. The zero-order valence-electron chi connectivity index (χ0n) is 13.0. The Balaban J connectivity index is 1.74. The summed E-state index contributed by atoms with van der Waals surface area (Å²) in [4.78, 5) is 6.46. The lowest BCUT2D eigenvalue weighted by molar-refractivity contribution is 0.218. The average Bonchev–Trinajstić information content (AvgIpc) is 3.05. The topological polar surface area (TPSA) is 28.2 Å². The lowest BCUT2D eigenvalue weighted by Gasteiger charge is -2.25. The molecule has 1 aromatic heterocycles. The lowest BCUT2D eigenvalue weighted by atomic mass is 10.1. The molecule has 1 atom stereocenters. The summed E-state index contributed by atoms with van der Waals surface area (Å²) in [6.45, 7) is 4.35. The van der Waals surface area contributed by atoms with Gasteiger partial charge in [-0.25, -0.2) is 4.39 Å². The smallest absolute Gasteiger partial charge is 0.127 e. The number of aromatic nitrogens is 1. The Morgan fingerprint density at radius 2 is 2.22 bits per heavy atom. The van der Waals surface area contributed by atoms with Gasteiger partial charge in [0.05, 0.1) is 0 Å². The zero-order valence-corrected chi connectivity index (χ0v) is 13.8. The van der Waals surface area contributed by atoms with Crippen LogP contribution in [0.3, 0.4) is 0 Å². The standard InChI is InChI=1S/C18H21ClFN3/c19-17-3-4-18(20)16(8-17)13-23(12-15-5-7-22-10-15)11-14-2-1-6-21-9-14/h1-4,6,8-9,15,22H,5,7,10-13H2/t15-/m0/s1. The Morgan fingerprint density at radius 3 is 2.96 bits per heavy atom. The van der Waals surface area contributed by atoms with Crippen LogP contribution in [0.15, 0.2) is 42.7 Å². The molecule has 0 aliphatic carbocycles. The van der Waals surface area contributed by atoms with Gasteiger partial charge < -0.3 is 5.32 Å². The number of hydrogen-bond donors (Lipinski definition) is 1. The highest BCUT2D eigenvalue weighted by Crippen LogP contribution is 2.20. The normalized spacial score (nSPS) is 17.8. The SMILES string of the molecule is Fc1ccc(Cl)cc1CN(Cc1cccnc1)C[C@H]1CCNC1. The Hall–Kier alpha value is -1.49. The minimum Gasteiger partial charge on any atom is -0.316 e. The Labute approximate surface area is 141 Å². The van der Waals surface area contributed by atoms with Crippen LogP contribution in [-0.4, -0.2) is 29.5 Å². The van der Waals surface area contributed by atoms with E-state index in [1.54, 1.807) is 18.3 Å². The molecule has 0 spiro atoms. The van der Waals surface area contributed by atoms with E-state index in [1.165, 1.54) is 12.5 Å². The number of hydrogen-bond acceptors (Lipinski definition) is 3. The number of nitrogens with one attached hydrogen (secondary N) is 1. The summed E-state index contributed by atoms with van der Waals surface area (Å²) in [5.41, 5.74) is 1.79. The van der Waals surface area contributed by atoms with E-state index in [0.29, 0.717) is 23.0 Å². The van der Waals surface area contributed by atoms with Gasteiger partial charge in [0, 0.05) is 42.6 Å². The van der Waals surface area contributed by atoms with Gasteiger partial charge in [0.2, 0.25) is 0 Å². The van der Waals surface area contributed by atoms with Crippen LogP contribution in [0.1, 0.15) is 17.5 Å². The third-order valence-corrected chi connectivity index (χ3v) is 4.44. The third-order valence-electron chi connectivity index (χ3n) is 4.21. The van der Waals surface area contributed by atoms with Crippen molar-refractivity contribution in [1.82, 2.24) is 15.2 Å². The van der Waals surface area contributed by atoms with Crippen LogP contribution in [0.25, 0.3) is 0 Å².